The van der Waals surface area contributed by atoms with Crippen LogP contribution in [0.15, 0.2) is 35.6 Å². The molecule has 1 N–H and O–H groups in total. The Morgan fingerprint density at radius 2 is 2.14 bits per heavy atom. The van der Waals surface area contributed by atoms with Gasteiger partial charge in [0.15, 0.2) is 5.75 Å². The number of hydrogen-bond acceptors (Lipinski definition) is 6. The maximum Gasteiger partial charge on any atom is 0.302 e. The van der Waals surface area contributed by atoms with Crippen molar-refractivity contribution in [3.8, 4) is 11.8 Å². The van der Waals surface area contributed by atoms with Gasteiger partial charge in [0.05, 0.1) is 35.5 Å². The fourth-order valence-corrected chi connectivity index (χ4v) is 3.66. The van der Waals surface area contributed by atoms with Crippen molar-refractivity contribution >= 4 is 16.8 Å². The number of carbonyl (C=O) groups is 1. The number of pyridine rings is 1. The molecule has 0 radical (unpaired) electrons. The average molecular weight is 380 g/mol. The molecular weight excluding hydrogens is 360 g/mol. The second kappa shape index (κ2) is 6.74. The summed E-state index contributed by atoms with van der Waals surface area (Å²) in [7, 11) is 0. The molecule has 144 valence electrons. The molecule has 9 heteroatoms. The standard InChI is InChI=1S/C19H20N6O3/c26-17-15-5-6-20-9-16(15)22-19(23-17)28-14-8-21-25(11-14)13-2-1-7-24(10-13)18(27)12-3-4-12/h5-6,8-9,11-13H,1-4,7,10H2,(H,22,23,26). The zero-order chi connectivity index (χ0) is 19.1. The van der Waals surface area contributed by atoms with Crippen LogP contribution >= 0.6 is 0 Å². The molecule has 2 fully saturated rings. The van der Waals surface area contributed by atoms with Crippen molar-refractivity contribution in [3.05, 3.63) is 41.2 Å². The Labute approximate surface area is 160 Å². The minimum absolute atomic E-state index is 0.0965. The minimum Gasteiger partial charge on any atom is -0.422 e. The summed E-state index contributed by atoms with van der Waals surface area (Å²) in [4.78, 5) is 37.3. The van der Waals surface area contributed by atoms with Gasteiger partial charge in [-0.3, -0.25) is 24.2 Å². The highest BCUT2D eigenvalue weighted by atomic mass is 16.5. The van der Waals surface area contributed by atoms with Gasteiger partial charge in [0.2, 0.25) is 5.91 Å². The van der Waals surface area contributed by atoms with Crippen LogP contribution in [0.4, 0.5) is 0 Å². The third-order valence-electron chi connectivity index (χ3n) is 5.29. The fraction of sp³-hybridized carbons (Fsp3) is 0.421. The van der Waals surface area contributed by atoms with Gasteiger partial charge in [0.25, 0.3) is 5.56 Å². The van der Waals surface area contributed by atoms with Gasteiger partial charge in [-0.2, -0.15) is 10.1 Å². The topological polar surface area (TPSA) is 106 Å². The van der Waals surface area contributed by atoms with Crippen molar-refractivity contribution in [1.82, 2.24) is 29.6 Å². The summed E-state index contributed by atoms with van der Waals surface area (Å²) in [5, 5.41) is 4.86. The summed E-state index contributed by atoms with van der Waals surface area (Å²) in [5.74, 6) is 0.998. The average Bonchev–Trinajstić information content (AvgIpc) is 3.47. The predicted octanol–water partition coefficient (Wildman–Crippen LogP) is 1.88. The smallest absolute Gasteiger partial charge is 0.302 e. The lowest BCUT2D eigenvalue weighted by Crippen LogP contribution is -2.41. The summed E-state index contributed by atoms with van der Waals surface area (Å²) in [6.07, 6.45) is 10.4. The quantitative estimate of drug-likeness (QED) is 0.741. The molecule has 1 unspecified atom stereocenters. The maximum atomic E-state index is 12.3. The Hall–Kier alpha value is -3.23. The molecule has 0 bridgehead atoms. The molecule has 28 heavy (non-hydrogen) atoms. The Kier molecular flexibility index (Phi) is 4.07. The Morgan fingerprint density at radius 1 is 1.25 bits per heavy atom. The van der Waals surface area contributed by atoms with Crippen molar-refractivity contribution in [1.29, 1.82) is 0 Å². The van der Waals surface area contributed by atoms with E-state index in [2.05, 4.69) is 20.1 Å². The van der Waals surface area contributed by atoms with Crippen LogP contribution in [0, 0.1) is 5.92 Å². The lowest BCUT2D eigenvalue weighted by Gasteiger charge is -2.33. The Bertz CT molecular complexity index is 1090. The first-order valence-electron chi connectivity index (χ1n) is 9.52. The van der Waals surface area contributed by atoms with Crippen molar-refractivity contribution in [3.63, 3.8) is 0 Å². The van der Waals surface area contributed by atoms with Crippen LogP contribution in [0.1, 0.15) is 31.7 Å². The molecule has 9 nitrogen and oxygen atoms in total. The van der Waals surface area contributed by atoms with Crippen LogP contribution in [-0.2, 0) is 4.79 Å². The molecule has 1 saturated carbocycles. The number of rotatable bonds is 4. The lowest BCUT2D eigenvalue weighted by atomic mass is 10.1. The number of nitrogens with one attached hydrogen (secondary N) is 1. The van der Waals surface area contributed by atoms with Gasteiger partial charge in [-0.1, -0.05) is 0 Å². The normalized spacial score (nSPS) is 19.7. The summed E-state index contributed by atoms with van der Waals surface area (Å²) in [6.45, 7) is 1.50. The zero-order valence-corrected chi connectivity index (χ0v) is 15.2. The maximum absolute atomic E-state index is 12.3. The number of aromatic nitrogens is 5. The molecule has 1 aliphatic carbocycles. The van der Waals surface area contributed by atoms with Crippen LogP contribution in [0.2, 0.25) is 0 Å². The molecule has 2 aliphatic rings. The predicted molar refractivity (Wildman–Crippen MR) is 100 cm³/mol. The number of H-pyrrole nitrogens is 1. The van der Waals surface area contributed by atoms with E-state index in [1.165, 1.54) is 6.20 Å². The van der Waals surface area contributed by atoms with Crippen LogP contribution in [0.25, 0.3) is 10.9 Å². The number of aromatic amines is 1. The van der Waals surface area contributed by atoms with E-state index in [0.717, 1.165) is 32.2 Å². The van der Waals surface area contributed by atoms with E-state index in [9.17, 15) is 9.59 Å². The van der Waals surface area contributed by atoms with Gasteiger partial charge < -0.3 is 9.64 Å². The zero-order valence-electron chi connectivity index (χ0n) is 15.2. The van der Waals surface area contributed by atoms with Crippen LogP contribution in [-0.4, -0.2) is 48.6 Å². The Morgan fingerprint density at radius 3 is 3.00 bits per heavy atom. The molecule has 1 atom stereocenters. The number of hydrogen-bond donors (Lipinski definition) is 1. The summed E-state index contributed by atoms with van der Waals surface area (Å²) >= 11 is 0. The van der Waals surface area contributed by atoms with Gasteiger partial charge in [0.1, 0.15) is 0 Å². The van der Waals surface area contributed by atoms with Gasteiger partial charge in [0, 0.05) is 25.2 Å². The van der Waals surface area contributed by atoms with Gasteiger partial charge in [-0.25, -0.2) is 0 Å². The number of piperidine rings is 1. The molecular formula is C19H20N6O3. The van der Waals surface area contributed by atoms with Gasteiger partial charge >= 0.3 is 6.01 Å². The van der Waals surface area contributed by atoms with Gasteiger partial charge in [-0.05, 0) is 31.7 Å². The van der Waals surface area contributed by atoms with Crippen LogP contribution in [0.3, 0.4) is 0 Å². The highest BCUT2D eigenvalue weighted by molar-refractivity contribution is 5.81. The SMILES string of the molecule is O=C(C1CC1)N1CCCC(n2cc(Oc3nc4cnccc4c(=O)[nH]3)cn2)C1. The van der Waals surface area contributed by atoms with E-state index in [1.54, 1.807) is 24.7 Å². The van der Waals surface area contributed by atoms with Crippen LogP contribution in [0.5, 0.6) is 11.8 Å². The van der Waals surface area contributed by atoms with E-state index in [-0.39, 0.29) is 29.4 Å². The van der Waals surface area contributed by atoms with Crippen LogP contribution < -0.4 is 10.3 Å². The number of fused-ring (bicyclic) bond motifs is 1. The number of nitrogens with zero attached hydrogens (tertiary/aromatic N) is 5. The largest absolute Gasteiger partial charge is 0.422 e. The Balaban J connectivity index is 1.32. The number of carbonyl (C=O) groups excluding carboxylic acids is 1. The monoisotopic (exact) mass is 380 g/mol. The second-order valence-corrected chi connectivity index (χ2v) is 7.38. The van der Waals surface area contributed by atoms with Crippen molar-refractivity contribution in [2.45, 2.75) is 31.7 Å². The summed E-state index contributed by atoms with van der Waals surface area (Å²) < 4.78 is 7.54. The summed E-state index contributed by atoms with van der Waals surface area (Å²) in [5.41, 5.74) is 0.187. The number of likely N-dealkylation sites (tertiary alicyclic amines) is 1. The molecule has 1 saturated heterocycles. The molecule has 4 heterocycles. The summed E-state index contributed by atoms with van der Waals surface area (Å²) in [6, 6.07) is 1.83. The first-order valence-corrected chi connectivity index (χ1v) is 9.52. The van der Waals surface area contributed by atoms with E-state index in [0.29, 0.717) is 23.2 Å². The highest BCUT2D eigenvalue weighted by Gasteiger charge is 2.35. The third-order valence-corrected chi connectivity index (χ3v) is 5.29. The highest BCUT2D eigenvalue weighted by Crippen LogP contribution is 2.33. The van der Waals surface area contributed by atoms with Crippen molar-refractivity contribution in [2.24, 2.45) is 5.92 Å². The van der Waals surface area contributed by atoms with Gasteiger partial charge in [-0.15, -0.1) is 0 Å². The molecule has 0 aromatic carbocycles. The molecule has 3 aromatic rings. The molecule has 5 rings (SSSR count). The molecule has 0 spiro atoms. The minimum atomic E-state index is -0.281. The van der Waals surface area contributed by atoms with Crippen molar-refractivity contribution < 1.29 is 9.53 Å². The van der Waals surface area contributed by atoms with E-state index < -0.39 is 0 Å². The van der Waals surface area contributed by atoms with E-state index in [1.807, 2.05) is 9.58 Å². The number of ether oxygens (including phenoxy) is 1. The van der Waals surface area contributed by atoms with E-state index in [4.69, 9.17) is 4.74 Å². The molecule has 1 aliphatic heterocycles. The lowest BCUT2D eigenvalue weighted by molar-refractivity contribution is -0.134. The molecule has 1 amide bonds. The first-order chi connectivity index (χ1) is 13.7. The fourth-order valence-electron chi connectivity index (χ4n) is 3.66. The second-order valence-electron chi connectivity index (χ2n) is 7.38. The molecule has 3 aromatic heterocycles. The van der Waals surface area contributed by atoms with E-state index >= 15 is 0 Å². The number of amides is 1. The van der Waals surface area contributed by atoms with Crippen molar-refractivity contribution in [2.75, 3.05) is 13.1 Å². The third kappa shape index (κ3) is 3.23. The first kappa shape index (κ1) is 16.9.